The summed E-state index contributed by atoms with van der Waals surface area (Å²) < 4.78 is 0. The molecule has 0 unspecified atom stereocenters. The lowest BCUT2D eigenvalue weighted by Gasteiger charge is -2.26. The Kier molecular flexibility index (Phi) is 2.04. The van der Waals surface area contributed by atoms with Gasteiger partial charge in [-0.2, -0.15) is 0 Å². The van der Waals surface area contributed by atoms with E-state index in [-0.39, 0.29) is 5.54 Å². The highest BCUT2D eigenvalue weighted by molar-refractivity contribution is 5.64. The smallest absolute Gasteiger partial charge is 0.0448 e. The average molecular weight is 190 g/mol. The molecule has 0 fully saturated rings. The zero-order chi connectivity index (χ0) is 10.3. The molecule has 1 aromatic carbocycles. The number of likely N-dealkylation sites (N-methyl/N-ethyl adjacent to an activating group) is 1. The fraction of sp³-hybridized carbons (Fsp3) is 0.500. The van der Waals surface area contributed by atoms with Crippen LogP contribution in [0.5, 0.6) is 0 Å². The molecule has 1 aliphatic rings. The van der Waals surface area contributed by atoms with E-state index in [0.717, 1.165) is 13.0 Å². The van der Waals surface area contributed by atoms with Crippen LogP contribution in [-0.4, -0.2) is 13.6 Å². The minimum atomic E-state index is -0.246. The van der Waals surface area contributed by atoms with Gasteiger partial charge in [0.1, 0.15) is 0 Å². The predicted molar refractivity (Wildman–Crippen MR) is 60.6 cm³/mol. The maximum absolute atomic E-state index is 6.17. The lowest BCUT2D eigenvalue weighted by atomic mass is 9.92. The van der Waals surface area contributed by atoms with E-state index < -0.39 is 0 Å². The molecular weight excluding hydrogens is 172 g/mol. The molecule has 0 saturated carbocycles. The van der Waals surface area contributed by atoms with Gasteiger partial charge in [0.05, 0.1) is 0 Å². The molecule has 1 heterocycles. The molecule has 2 rings (SSSR count). The van der Waals surface area contributed by atoms with Crippen LogP contribution in [0.4, 0.5) is 5.69 Å². The molecule has 14 heavy (non-hydrogen) atoms. The van der Waals surface area contributed by atoms with Crippen LogP contribution >= 0.6 is 0 Å². The van der Waals surface area contributed by atoms with Gasteiger partial charge >= 0.3 is 0 Å². The highest BCUT2D eigenvalue weighted by Crippen LogP contribution is 2.35. The molecule has 1 aromatic rings. The molecule has 0 saturated heterocycles. The first-order valence-corrected chi connectivity index (χ1v) is 5.12. The molecule has 0 bridgehead atoms. The number of benzene rings is 1. The zero-order valence-corrected chi connectivity index (χ0v) is 9.17. The van der Waals surface area contributed by atoms with E-state index >= 15 is 0 Å². The van der Waals surface area contributed by atoms with Gasteiger partial charge in [-0.05, 0) is 31.4 Å². The quantitative estimate of drug-likeness (QED) is 0.732. The molecule has 76 valence electrons. The first-order chi connectivity index (χ1) is 6.50. The van der Waals surface area contributed by atoms with Gasteiger partial charge in [0.2, 0.25) is 0 Å². The number of nitrogens with zero attached hydrogens (tertiary/aromatic N) is 1. The van der Waals surface area contributed by atoms with Crippen LogP contribution in [0.25, 0.3) is 0 Å². The Morgan fingerprint density at radius 1 is 1.36 bits per heavy atom. The first kappa shape index (κ1) is 9.53. The molecule has 2 nitrogen and oxygen atoms in total. The fourth-order valence-electron chi connectivity index (χ4n) is 2.16. The van der Waals surface area contributed by atoms with Crippen molar-refractivity contribution in [2.24, 2.45) is 5.73 Å². The zero-order valence-electron chi connectivity index (χ0n) is 9.17. The van der Waals surface area contributed by atoms with Gasteiger partial charge in [-0.15, -0.1) is 0 Å². The fourth-order valence-corrected chi connectivity index (χ4v) is 2.16. The Morgan fingerprint density at radius 3 is 2.71 bits per heavy atom. The number of rotatable bonds is 1. The second-order valence-electron chi connectivity index (χ2n) is 4.71. The SMILES string of the molecule is CN1CCc2cccc(C(C)(C)N)c21. The standard InChI is InChI=1S/C12H18N2/c1-12(2,13)10-6-4-5-9-7-8-14(3)11(9)10/h4-6H,7-8,13H2,1-3H3. The van der Waals surface area contributed by atoms with Crippen LogP contribution in [0.2, 0.25) is 0 Å². The largest absolute Gasteiger partial charge is 0.374 e. The van der Waals surface area contributed by atoms with E-state index in [1.165, 1.54) is 16.8 Å². The van der Waals surface area contributed by atoms with Gasteiger partial charge < -0.3 is 10.6 Å². The molecular formula is C12H18N2. The second-order valence-corrected chi connectivity index (χ2v) is 4.71. The second kappa shape index (κ2) is 2.99. The summed E-state index contributed by atoms with van der Waals surface area (Å²) >= 11 is 0. The van der Waals surface area contributed by atoms with Crippen molar-refractivity contribution in [3.05, 3.63) is 29.3 Å². The van der Waals surface area contributed by atoms with E-state index in [0.29, 0.717) is 0 Å². The van der Waals surface area contributed by atoms with Crippen molar-refractivity contribution < 1.29 is 0 Å². The maximum atomic E-state index is 6.17. The number of nitrogens with two attached hydrogens (primary N) is 1. The molecule has 0 spiro atoms. The number of anilines is 1. The summed E-state index contributed by atoms with van der Waals surface area (Å²) in [6, 6.07) is 6.46. The summed E-state index contributed by atoms with van der Waals surface area (Å²) in [6.07, 6.45) is 1.15. The monoisotopic (exact) mass is 190 g/mol. The molecule has 0 atom stereocenters. The van der Waals surface area contributed by atoms with Crippen LogP contribution in [0.1, 0.15) is 25.0 Å². The lowest BCUT2D eigenvalue weighted by Crippen LogP contribution is -2.31. The molecule has 2 heteroatoms. The van der Waals surface area contributed by atoms with Crippen LogP contribution < -0.4 is 10.6 Å². The molecule has 0 amide bonds. The topological polar surface area (TPSA) is 29.3 Å². The predicted octanol–water partition coefficient (Wildman–Crippen LogP) is 1.87. The third kappa shape index (κ3) is 1.40. The first-order valence-electron chi connectivity index (χ1n) is 5.12. The van der Waals surface area contributed by atoms with Gasteiger partial charge in [-0.1, -0.05) is 18.2 Å². The van der Waals surface area contributed by atoms with Crippen molar-refractivity contribution in [3.8, 4) is 0 Å². The average Bonchev–Trinajstić information content (AvgIpc) is 2.46. The summed E-state index contributed by atoms with van der Waals surface area (Å²) in [4.78, 5) is 2.30. The van der Waals surface area contributed by atoms with E-state index in [2.05, 4.69) is 44.0 Å². The highest BCUT2D eigenvalue weighted by atomic mass is 15.1. The van der Waals surface area contributed by atoms with Crippen molar-refractivity contribution in [2.45, 2.75) is 25.8 Å². The van der Waals surface area contributed by atoms with E-state index in [4.69, 9.17) is 5.73 Å². The Balaban J connectivity index is 2.58. The van der Waals surface area contributed by atoms with E-state index in [9.17, 15) is 0 Å². The molecule has 0 radical (unpaired) electrons. The summed E-state index contributed by atoms with van der Waals surface area (Å²) in [5.41, 5.74) is 9.96. The molecule has 2 N–H and O–H groups in total. The summed E-state index contributed by atoms with van der Waals surface area (Å²) in [5, 5.41) is 0. The van der Waals surface area contributed by atoms with Crippen molar-refractivity contribution >= 4 is 5.69 Å². The minimum absolute atomic E-state index is 0.246. The molecule has 0 aliphatic carbocycles. The summed E-state index contributed by atoms with van der Waals surface area (Å²) in [7, 11) is 2.14. The summed E-state index contributed by atoms with van der Waals surface area (Å²) in [6.45, 7) is 5.24. The molecule has 0 aromatic heterocycles. The number of hydrogen-bond acceptors (Lipinski definition) is 2. The van der Waals surface area contributed by atoms with Crippen molar-refractivity contribution in [1.82, 2.24) is 0 Å². The maximum Gasteiger partial charge on any atom is 0.0448 e. The van der Waals surface area contributed by atoms with Gasteiger partial charge in [0.25, 0.3) is 0 Å². The van der Waals surface area contributed by atoms with E-state index in [1.807, 2.05) is 0 Å². The van der Waals surface area contributed by atoms with Gasteiger partial charge in [-0.3, -0.25) is 0 Å². The van der Waals surface area contributed by atoms with Crippen LogP contribution in [0, 0.1) is 0 Å². The van der Waals surface area contributed by atoms with Crippen molar-refractivity contribution in [2.75, 3.05) is 18.5 Å². The Hall–Kier alpha value is -1.02. The minimum Gasteiger partial charge on any atom is -0.374 e. The Bertz CT molecular complexity index is 350. The molecule has 1 aliphatic heterocycles. The van der Waals surface area contributed by atoms with Gasteiger partial charge in [0.15, 0.2) is 0 Å². The lowest BCUT2D eigenvalue weighted by molar-refractivity contribution is 0.554. The number of para-hydroxylation sites is 1. The number of hydrogen-bond donors (Lipinski definition) is 1. The third-order valence-electron chi connectivity index (χ3n) is 2.91. The number of fused-ring (bicyclic) bond motifs is 1. The van der Waals surface area contributed by atoms with Crippen LogP contribution in [0.15, 0.2) is 18.2 Å². The summed E-state index contributed by atoms with van der Waals surface area (Å²) in [5.74, 6) is 0. The van der Waals surface area contributed by atoms with Crippen LogP contribution in [-0.2, 0) is 12.0 Å². The van der Waals surface area contributed by atoms with Crippen molar-refractivity contribution in [3.63, 3.8) is 0 Å². The Labute approximate surface area is 85.7 Å². The van der Waals surface area contributed by atoms with E-state index in [1.54, 1.807) is 0 Å². The highest BCUT2D eigenvalue weighted by Gasteiger charge is 2.25. The normalized spacial score (nSPS) is 15.9. The third-order valence-corrected chi connectivity index (χ3v) is 2.91. The Morgan fingerprint density at radius 2 is 2.07 bits per heavy atom. The van der Waals surface area contributed by atoms with Crippen molar-refractivity contribution in [1.29, 1.82) is 0 Å². The van der Waals surface area contributed by atoms with Gasteiger partial charge in [0, 0.05) is 24.8 Å². The van der Waals surface area contributed by atoms with Crippen LogP contribution in [0.3, 0.4) is 0 Å². The van der Waals surface area contributed by atoms with Gasteiger partial charge in [-0.25, -0.2) is 0 Å².